The number of benzene rings is 2. The average molecular weight is 428 g/mol. The number of carbonyl (C=O) groups is 2. The summed E-state index contributed by atoms with van der Waals surface area (Å²) >= 11 is 0. The van der Waals surface area contributed by atoms with Crippen LogP contribution in [0.25, 0.3) is 0 Å². The number of amides is 2. The van der Waals surface area contributed by atoms with Crippen molar-refractivity contribution in [3.8, 4) is 0 Å². The molecule has 1 saturated heterocycles. The van der Waals surface area contributed by atoms with Crippen molar-refractivity contribution in [1.82, 2.24) is 15.2 Å². The van der Waals surface area contributed by atoms with Crippen LogP contribution in [0.5, 0.6) is 0 Å². The Morgan fingerprint density at radius 3 is 2.03 bits per heavy atom. The van der Waals surface area contributed by atoms with E-state index in [0.29, 0.717) is 31.5 Å². The quantitative estimate of drug-likeness (QED) is 0.639. The highest BCUT2D eigenvalue weighted by molar-refractivity contribution is 5.94. The molecule has 1 atom stereocenters. The second-order valence-corrected chi connectivity index (χ2v) is 8.40. The zero-order valence-corrected chi connectivity index (χ0v) is 18.4. The normalized spacial score (nSPS) is 15.4. The van der Waals surface area contributed by atoms with E-state index < -0.39 is 0 Å². The Hall–Kier alpha value is -3.47. The third kappa shape index (κ3) is 5.05. The van der Waals surface area contributed by atoms with Gasteiger partial charge in [0.15, 0.2) is 0 Å². The molecule has 0 unspecified atom stereocenters. The molecular weight excluding hydrogens is 398 g/mol. The maximum absolute atomic E-state index is 13.1. The van der Waals surface area contributed by atoms with E-state index in [1.165, 1.54) is 11.1 Å². The summed E-state index contributed by atoms with van der Waals surface area (Å²) in [6, 6.07) is 24.1. The minimum Gasteiger partial charge on any atom is -0.352 e. The van der Waals surface area contributed by atoms with Gasteiger partial charge in [-0.05, 0) is 43.0 Å². The van der Waals surface area contributed by atoms with E-state index in [-0.39, 0.29) is 29.7 Å². The lowest BCUT2D eigenvalue weighted by atomic mass is 9.85. The van der Waals surface area contributed by atoms with E-state index in [0.717, 1.165) is 0 Å². The number of nitrogens with zero attached hydrogens (tertiary/aromatic N) is 2. The van der Waals surface area contributed by atoms with Crippen molar-refractivity contribution in [1.29, 1.82) is 0 Å². The third-order valence-corrected chi connectivity index (χ3v) is 6.25. The molecule has 2 aromatic carbocycles. The number of hydrogen-bond donors (Lipinski definition) is 1. The summed E-state index contributed by atoms with van der Waals surface area (Å²) in [4.78, 5) is 31.6. The number of nitrogens with one attached hydrogen (secondary N) is 1. The van der Waals surface area contributed by atoms with Gasteiger partial charge in [-0.3, -0.25) is 14.6 Å². The van der Waals surface area contributed by atoms with Crippen molar-refractivity contribution >= 4 is 11.8 Å². The Kier molecular flexibility index (Phi) is 6.95. The van der Waals surface area contributed by atoms with Crippen LogP contribution in [-0.2, 0) is 4.79 Å². The highest BCUT2D eigenvalue weighted by atomic mass is 16.2. The molecule has 164 valence electrons. The second kappa shape index (κ2) is 10.2. The summed E-state index contributed by atoms with van der Waals surface area (Å²) in [6.45, 7) is 3.24. The van der Waals surface area contributed by atoms with Gasteiger partial charge in [-0.2, -0.15) is 0 Å². The van der Waals surface area contributed by atoms with Crippen LogP contribution in [0.3, 0.4) is 0 Å². The highest BCUT2D eigenvalue weighted by Gasteiger charge is 2.30. The van der Waals surface area contributed by atoms with E-state index in [4.69, 9.17) is 0 Å². The molecule has 2 heterocycles. The van der Waals surface area contributed by atoms with Crippen LogP contribution < -0.4 is 5.32 Å². The van der Waals surface area contributed by atoms with Gasteiger partial charge in [0.1, 0.15) is 0 Å². The predicted molar refractivity (Wildman–Crippen MR) is 125 cm³/mol. The molecular formula is C27H29N3O2. The largest absolute Gasteiger partial charge is 0.352 e. The van der Waals surface area contributed by atoms with Gasteiger partial charge in [0.05, 0.1) is 5.56 Å². The van der Waals surface area contributed by atoms with Crippen molar-refractivity contribution < 1.29 is 9.59 Å². The molecule has 1 fully saturated rings. The standard InChI is InChI=1S/C27H29N3O2/c1-20(25(21-9-4-2-5-10-21)22-11-6-3-7-12-22)29-26(31)23-14-17-30(18-15-23)27(32)24-13-8-16-28-19-24/h2-13,16,19-20,23,25H,14-15,17-18H2,1H3,(H,29,31)/t20-/m1/s1. The molecule has 1 N–H and O–H groups in total. The van der Waals surface area contributed by atoms with Gasteiger partial charge in [-0.25, -0.2) is 0 Å². The Balaban J connectivity index is 1.39. The van der Waals surface area contributed by atoms with Crippen molar-refractivity contribution in [3.05, 3.63) is 102 Å². The Morgan fingerprint density at radius 1 is 0.906 bits per heavy atom. The van der Waals surface area contributed by atoms with Gasteiger partial charge < -0.3 is 10.2 Å². The lowest BCUT2D eigenvalue weighted by Gasteiger charge is -2.33. The summed E-state index contributed by atoms with van der Waals surface area (Å²) in [6.07, 6.45) is 4.60. The van der Waals surface area contributed by atoms with E-state index in [9.17, 15) is 9.59 Å². The Bertz CT molecular complexity index is 977. The van der Waals surface area contributed by atoms with E-state index in [2.05, 4.69) is 41.5 Å². The first kappa shape index (κ1) is 21.8. The van der Waals surface area contributed by atoms with Crippen LogP contribution in [0.4, 0.5) is 0 Å². The van der Waals surface area contributed by atoms with Gasteiger partial charge in [0, 0.05) is 43.4 Å². The average Bonchev–Trinajstić information content (AvgIpc) is 2.85. The number of carbonyl (C=O) groups excluding carboxylic acids is 2. The van der Waals surface area contributed by atoms with Gasteiger partial charge in [-0.15, -0.1) is 0 Å². The zero-order chi connectivity index (χ0) is 22.3. The first-order valence-corrected chi connectivity index (χ1v) is 11.2. The zero-order valence-electron chi connectivity index (χ0n) is 18.4. The van der Waals surface area contributed by atoms with Crippen LogP contribution in [0.15, 0.2) is 85.2 Å². The Labute approximate surface area is 189 Å². The number of rotatable bonds is 6. The fourth-order valence-electron chi connectivity index (χ4n) is 4.53. The molecule has 2 amide bonds. The second-order valence-electron chi connectivity index (χ2n) is 8.40. The predicted octanol–water partition coefficient (Wildman–Crippen LogP) is 4.27. The van der Waals surface area contributed by atoms with Crippen LogP contribution in [0.1, 0.15) is 47.2 Å². The molecule has 3 aromatic rings. The minimum absolute atomic E-state index is 0.0152. The van der Waals surface area contributed by atoms with E-state index in [1.54, 1.807) is 24.5 Å². The number of aromatic nitrogens is 1. The van der Waals surface area contributed by atoms with Crippen molar-refractivity contribution in [2.75, 3.05) is 13.1 Å². The third-order valence-electron chi connectivity index (χ3n) is 6.25. The molecule has 1 aromatic heterocycles. The van der Waals surface area contributed by atoms with Gasteiger partial charge in [-0.1, -0.05) is 60.7 Å². The maximum Gasteiger partial charge on any atom is 0.255 e. The summed E-state index contributed by atoms with van der Waals surface area (Å²) in [5, 5.41) is 3.27. The molecule has 32 heavy (non-hydrogen) atoms. The van der Waals surface area contributed by atoms with E-state index in [1.807, 2.05) is 41.3 Å². The topological polar surface area (TPSA) is 62.3 Å². The van der Waals surface area contributed by atoms with Crippen molar-refractivity contribution in [2.45, 2.75) is 31.7 Å². The van der Waals surface area contributed by atoms with Crippen molar-refractivity contribution in [2.24, 2.45) is 5.92 Å². The molecule has 0 bridgehead atoms. The van der Waals surface area contributed by atoms with Crippen LogP contribution >= 0.6 is 0 Å². The lowest BCUT2D eigenvalue weighted by Crippen LogP contribution is -2.46. The Morgan fingerprint density at radius 2 is 1.50 bits per heavy atom. The minimum atomic E-state index is -0.0809. The van der Waals surface area contributed by atoms with Gasteiger partial charge in [0.25, 0.3) is 5.91 Å². The first-order valence-electron chi connectivity index (χ1n) is 11.2. The number of piperidine rings is 1. The fourth-order valence-corrected chi connectivity index (χ4v) is 4.53. The molecule has 0 spiro atoms. The van der Waals surface area contributed by atoms with Crippen LogP contribution in [0, 0.1) is 5.92 Å². The van der Waals surface area contributed by atoms with Gasteiger partial charge in [0.2, 0.25) is 5.91 Å². The molecule has 4 rings (SSSR count). The summed E-state index contributed by atoms with van der Waals surface area (Å²) < 4.78 is 0. The monoisotopic (exact) mass is 427 g/mol. The van der Waals surface area contributed by atoms with E-state index >= 15 is 0 Å². The lowest BCUT2D eigenvalue weighted by molar-refractivity contribution is -0.127. The molecule has 1 aliphatic rings. The summed E-state index contributed by atoms with van der Waals surface area (Å²) in [5.74, 6) is 0.0533. The van der Waals surface area contributed by atoms with Gasteiger partial charge >= 0.3 is 0 Å². The summed E-state index contributed by atoms with van der Waals surface area (Å²) in [7, 11) is 0. The van der Waals surface area contributed by atoms with Crippen LogP contribution in [0.2, 0.25) is 0 Å². The molecule has 5 heteroatoms. The summed E-state index contributed by atoms with van der Waals surface area (Å²) in [5.41, 5.74) is 2.96. The SMILES string of the molecule is C[C@@H](NC(=O)C1CCN(C(=O)c2cccnc2)CC1)C(c1ccccc1)c1ccccc1. The first-order chi connectivity index (χ1) is 15.6. The number of hydrogen-bond acceptors (Lipinski definition) is 3. The molecule has 5 nitrogen and oxygen atoms in total. The molecule has 0 saturated carbocycles. The number of likely N-dealkylation sites (tertiary alicyclic amines) is 1. The number of pyridine rings is 1. The molecule has 0 radical (unpaired) electrons. The molecule has 0 aliphatic carbocycles. The fraction of sp³-hybridized carbons (Fsp3) is 0.296. The maximum atomic E-state index is 13.1. The smallest absolute Gasteiger partial charge is 0.255 e. The molecule has 1 aliphatic heterocycles. The van der Waals surface area contributed by atoms with Crippen molar-refractivity contribution in [3.63, 3.8) is 0 Å². The van der Waals surface area contributed by atoms with Crippen LogP contribution in [-0.4, -0.2) is 40.8 Å². The highest BCUT2D eigenvalue weighted by Crippen LogP contribution is 2.29.